The Morgan fingerprint density at radius 1 is 1.24 bits per heavy atom. The van der Waals surface area contributed by atoms with E-state index in [1.165, 1.54) is 29.0 Å². The lowest BCUT2D eigenvalue weighted by Crippen LogP contribution is -2.21. The predicted molar refractivity (Wildman–Crippen MR) is 108 cm³/mol. The highest BCUT2D eigenvalue weighted by Gasteiger charge is 2.22. The van der Waals surface area contributed by atoms with Gasteiger partial charge in [-0.1, -0.05) is 12.1 Å². The Kier molecular flexibility index (Phi) is 6.73. The first-order chi connectivity index (χ1) is 14.0. The minimum absolute atomic E-state index is 0.0513. The Balaban J connectivity index is 2.04. The van der Waals surface area contributed by atoms with Crippen LogP contribution in [-0.4, -0.2) is 53.4 Å². The van der Waals surface area contributed by atoms with Gasteiger partial charge in [0.15, 0.2) is 6.73 Å². The van der Waals surface area contributed by atoms with Crippen molar-refractivity contribution >= 4 is 5.95 Å². The molecule has 0 amide bonds. The zero-order chi connectivity index (χ0) is 20.8. The van der Waals surface area contributed by atoms with E-state index in [0.29, 0.717) is 41.6 Å². The zero-order valence-electron chi connectivity index (χ0n) is 16.7. The van der Waals surface area contributed by atoms with E-state index >= 15 is 0 Å². The fraction of sp³-hybridized carbons (Fsp3) is 0.350. The molecule has 2 aromatic heterocycles. The number of aromatic nitrogens is 3. The molecule has 0 saturated heterocycles. The van der Waals surface area contributed by atoms with Crippen molar-refractivity contribution in [3.63, 3.8) is 0 Å². The van der Waals surface area contributed by atoms with Gasteiger partial charge >= 0.3 is 5.63 Å². The van der Waals surface area contributed by atoms with Gasteiger partial charge in [0.25, 0.3) is 0 Å². The number of anilines is 1. The summed E-state index contributed by atoms with van der Waals surface area (Å²) in [6.45, 7) is 3.83. The number of likely N-dealkylation sites (N-methyl/N-ethyl adjacent to an activating group) is 1. The Morgan fingerprint density at radius 2 is 2.00 bits per heavy atom. The van der Waals surface area contributed by atoms with Crippen molar-refractivity contribution in [2.45, 2.75) is 13.7 Å². The molecule has 0 aliphatic carbocycles. The van der Waals surface area contributed by atoms with Gasteiger partial charge in [-0.3, -0.25) is 0 Å². The third-order valence-electron chi connectivity index (χ3n) is 4.17. The third-order valence-corrected chi connectivity index (χ3v) is 4.17. The molecule has 29 heavy (non-hydrogen) atoms. The zero-order valence-corrected chi connectivity index (χ0v) is 16.7. The first-order valence-electron chi connectivity index (χ1n) is 9.29. The second kappa shape index (κ2) is 9.44. The molecule has 0 radical (unpaired) electrons. The molecule has 3 aromatic rings. The molecular formula is C20H24FN5O3. The molecule has 0 fully saturated rings. The number of hydrogen-bond donors (Lipinski definition) is 1. The van der Waals surface area contributed by atoms with E-state index in [2.05, 4.69) is 15.3 Å². The molecule has 0 unspecified atom stereocenters. The van der Waals surface area contributed by atoms with Crippen molar-refractivity contribution in [3.8, 4) is 22.5 Å². The van der Waals surface area contributed by atoms with Crippen LogP contribution >= 0.6 is 0 Å². The normalized spacial score (nSPS) is 11.2. The fourth-order valence-electron chi connectivity index (χ4n) is 2.77. The summed E-state index contributed by atoms with van der Waals surface area (Å²) in [7, 11) is 3.96. The van der Waals surface area contributed by atoms with Gasteiger partial charge in [-0.25, -0.2) is 19.2 Å². The van der Waals surface area contributed by atoms with Crippen LogP contribution in [-0.2, 0) is 11.5 Å². The predicted octanol–water partition coefficient (Wildman–Crippen LogP) is 2.67. The molecular weight excluding hydrogens is 377 g/mol. The lowest BCUT2D eigenvalue weighted by molar-refractivity contribution is 0.0314. The monoisotopic (exact) mass is 401 g/mol. The summed E-state index contributed by atoms with van der Waals surface area (Å²) in [4.78, 5) is 23.4. The van der Waals surface area contributed by atoms with Crippen LogP contribution in [0.2, 0.25) is 0 Å². The van der Waals surface area contributed by atoms with Crippen LogP contribution in [0.5, 0.6) is 0 Å². The largest absolute Gasteiger partial charge is 0.366 e. The minimum atomic E-state index is -0.549. The van der Waals surface area contributed by atoms with E-state index < -0.39 is 5.63 Å². The average molecular weight is 401 g/mol. The van der Waals surface area contributed by atoms with Crippen LogP contribution in [0.1, 0.15) is 6.92 Å². The van der Waals surface area contributed by atoms with Crippen molar-refractivity contribution in [1.82, 2.24) is 19.6 Å². The highest BCUT2D eigenvalue weighted by molar-refractivity contribution is 5.78. The summed E-state index contributed by atoms with van der Waals surface area (Å²) >= 11 is 0. The van der Waals surface area contributed by atoms with E-state index in [4.69, 9.17) is 9.26 Å². The SMILES string of the molecule is CCOCn1oc(=O)c(-c2ccc(F)cc2)c1-c1ccnc(NCCN(C)C)n1. The molecule has 2 heterocycles. The second-order valence-corrected chi connectivity index (χ2v) is 6.61. The smallest absolute Gasteiger partial charge is 0.358 e. The van der Waals surface area contributed by atoms with Crippen LogP contribution in [0.15, 0.2) is 45.8 Å². The molecule has 1 N–H and O–H groups in total. The van der Waals surface area contributed by atoms with Gasteiger partial charge in [-0.15, -0.1) is 0 Å². The average Bonchev–Trinajstić information content (AvgIpc) is 3.03. The maximum absolute atomic E-state index is 13.4. The minimum Gasteiger partial charge on any atom is -0.358 e. The number of nitrogens with one attached hydrogen (secondary N) is 1. The summed E-state index contributed by atoms with van der Waals surface area (Å²) in [5.74, 6) is 0.0499. The summed E-state index contributed by atoms with van der Waals surface area (Å²) in [5, 5.41) is 3.16. The topological polar surface area (TPSA) is 85.4 Å². The van der Waals surface area contributed by atoms with E-state index in [1.807, 2.05) is 25.9 Å². The molecule has 154 valence electrons. The number of ether oxygens (including phenoxy) is 1. The molecule has 0 aliphatic heterocycles. The summed E-state index contributed by atoms with van der Waals surface area (Å²) in [5.41, 5.74) is 1.23. The van der Waals surface area contributed by atoms with Crippen molar-refractivity contribution in [2.75, 3.05) is 39.1 Å². The maximum Gasteiger partial charge on any atom is 0.366 e. The Morgan fingerprint density at radius 3 is 2.69 bits per heavy atom. The lowest BCUT2D eigenvalue weighted by atomic mass is 10.0. The van der Waals surface area contributed by atoms with Crippen LogP contribution in [0.4, 0.5) is 10.3 Å². The van der Waals surface area contributed by atoms with Gasteiger partial charge in [-0.05, 0) is 44.8 Å². The first kappa shape index (κ1) is 20.7. The van der Waals surface area contributed by atoms with Crippen LogP contribution in [0.3, 0.4) is 0 Å². The van der Waals surface area contributed by atoms with E-state index in [1.54, 1.807) is 12.3 Å². The molecule has 0 saturated carbocycles. The standard InChI is InChI=1S/C20H24FN5O3/c1-4-28-13-26-18(16-9-10-22-20(24-16)23-11-12-25(2)3)17(19(27)29-26)14-5-7-15(21)8-6-14/h5-10H,4,11-13H2,1-3H3,(H,22,23,24). The number of hydrogen-bond acceptors (Lipinski definition) is 7. The Bertz CT molecular complexity index is 998. The lowest BCUT2D eigenvalue weighted by Gasteiger charge is -2.12. The van der Waals surface area contributed by atoms with E-state index in [-0.39, 0.29) is 12.5 Å². The highest BCUT2D eigenvalue weighted by atomic mass is 19.1. The van der Waals surface area contributed by atoms with Crippen molar-refractivity contribution in [2.24, 2.45) is 0 Å². The van der Waals surface area contributed by atoms with Gasteiger partial charge in [0.05, 0.1) is 11.3 Å². The van der Waals surface area contributed by atoms with Gasteiger partial charge < -0.3 is 19.5 Å². The van der Waals surface area contributed by atoms with Crippen molar-refractivity contribution in [1.29, 1.82) is 0 Å². The van der Waals surface area contributed by atoms with Crippen LogP contribution < -0.4 is 10.9 Å². The Hall–Kier alpha value is -3.04. The van der Waals surface area contributed by atoms with Crippen molar-refractivity contribution < 1.29 is 13.7 Å². The molecule has 0 spiro atoms. The van der Waals surface area contributed by atoms with Gasteiger partial charge in [0, 0.05) is 25.9 Å². The molecule has 1 aromatic carbocycles. The van der Waals surface area contributed by atoms with Crippen molar-refractivity contribution in [3.05, 3.63) is 52.8 Å². The fourth-order valence-corrected chi connectivity index (χ4v) is 2.77. The highest BCUT2D eigenvalue weighted by Crippen LogP contribution is 2.29. The molecule has 8 nitrogen and oxygen atoms in total. The molecule has 0 atom stereocenters. The van der Waals surface area contributed by atoms with Gasteiger partial charge in [-0.2, -0.15) is 4.74 Å². The van der Waals surface area contributed by atoms with E-state index in [9.17, 15) is 9.18 Å². The van der Waals surface area contributed by atoms with E-state index in [0.717, 1.165) is 6.54 Å². The molecule has 0 aliphatic rings. The third kappa shape index (κ3) is 5.07. The summed E-state index contributed by atoms with van der Waals surface area (Å²) < 4.78 is 25.6. The molecule has 9 heteroatoms. The second-order valence-electron chi connectivity index (χ2n) is 6.61. The number of halogens is 1. The van der Waals surface area contributed by atoms with Gasteiger partial charge in [0.2, 0.25) is 5.95 Å². The molecule has 3 rings (SSSR count). The van der Waals surface area contributed by atoms with Crippen LogP contribution in [0, 0.1) is 5.82 Å². The number of benzene rings is 1. The first-order valence-corrected chi connectivity index (χ1v) is 9.29. The summed E-state index contributed by atoms with van der Waals surface area (Å²) in [6.07, 6.45) is 1.61. The maximum atomic E-state index is 13.4. The van der Waals surface area contributed by atoms with Crippen LogP contribution in [0.25, 0.3) is 22.5 Å². The van der Waals surface area contributed by atoms with Gasteiger partial charge in [0.1, 0.15) is 11.5 Å². The number of nitrogens with zero attached hydrogens (tertiary/aromatic N) is 4. The summed E-state index contributed by atoms with van der Waals surface area (Å²) in [6, 6.07) is 7.36. The molecule has 0 bridgehead atoms. The Labute approximate surface area is 167 Å². The quantitative estimate of drug-likeness (QED) is 0.590. The number of rotatable bonds is 9.